The Bertz CT molecular complexity index is 1550. The van der Waals surface area contributed by atoms with Crippen molar-refractivity contribution in [2.45, 2.75) is 12.8 Å². The zero-order valence-electron chi connectivity index (χ0n) is 24.1. The summed E-state index contributed by atoms with van der Waals surface area (Å²) in [4.78, 5) is 39.4. The summed E-state index contributed by atoms with van der Waals surface area (Å²) in [5.41, 5.74) is 4.27. The van der Waals surface area contributed by atoms with Gasteiger partial charge in [-0.1, -0.05) is 0 Å². The van der Waals surface area contributed by atoms with Gasteiger partial charge in [0.25, 0.3) is 5.91 Å². The first-order valence-electron chi connectivity index (χ1n) is 14.5. The van der Waals surface area contributed by atoms with E-state index in [1.165, 1.54) is 0 Å². The summed E-state index contributed by atoms with van der Waals surface area (Å²) in [5, 5.41) is 14.6. The fourth-order valence-electron chi connectivity index (χ4n) is 5.56. The molecule has 4 aromatic rings. The molecule has 2 aliphatic heterocycles. The highest BCUT2D eigenvalue weighted by Crippen LogP contribution is 2.29. The molecule has 2 aromatic carbocycles. The van der Waals surface area contributed by atoms with Gasteiger partial charge >= 0.3 is 0 Å². The van der Waals surface area contributed by atoms with Crippen molar-refractivity contribution in [2.24, 2.45) is 0 Å². The van der Waals surface area contributed by atoms with Crippen LogP contribution in [0.25, 0.3) is 10.9 Å². The Labute approximate surface area is 245 Å². The number of rotatable bonds is 8. The standard InChI is InChI=1S/C31H37N9O2/c1-37(2)25-8-5-22(6-9-25)31(42)40-17-15-39(16-18-40)30-27(34-29(41)21-38-13-3-4-14-38)11-12-28(35-30)33-24-7-10-26-23(19-24)20-32-36-26/h5-12,19-20H,3-4,13-18,21H2,1-2H3,(H,32,36)(H,33,35)(H,34,41). The monoisotopic (exact) mass is 567 g/mol. The van der Waals surface area contributed by atoms with Gasteiger partial charge < -0.3 is 25.3 Å². The van der Waals surface area contributed by atoms with Crippen molar-refractivity contribution < 1.29 is 9.59 Å². The summed E-state index contributed by atoms with van der Waals surface area (Å²) >= 11 is 0. The summed E-state index contributed by atoms with van der Waals surface area (Å²) in [6.07, 6.45) is 4.05. The molecule has 0 saturated carbocycles. The summed E-state index contributed by atoms with van der Waals surface area (Å²) in [5.74, 6) is 1.35. The van der Waals surface area contributed by atoms with Gasteiger partial charge in [0.15, 0.2) is 5.82 Å². The number of carbonyl (C=O) groups excluding carboxylic acids is 2. The van der Waals surface area contributed by atoms with E-state index in [4.69, 9.17) is 4.98 Å². The van der Waals surface area contributed by atoms with Crippen LogP contribution < -0.4 is 20.4 Å². The highest BCUT2D eigenvalue weighted by atomic mass is 16.2. The van der Waals surface area contributed by atoms with Gasteiger partial charge in [0.1, 0.15) is 5.82 Å². The molecule has 3 N–H and O–H groups in total. The molecule has 2 saturated heterocycles. The van der Waals surface area contributed by atoms with Crippen LogP contribution in [0.2, 0.25) is 0 Å². The number of pyridine rings is 1. The van der Waals surface area contributed by atoms with E-state index < -0.39 is 0 Å². The number of fused-ring (bicyclic) bond motifs is 1. The molecular formula is C31H37N9O2. The Morgan fingerprint density at radius 3 is 2.43 bits per heavy atom. The van der Waals surface area contributed by atoms with Crippen molar-refractivity contribution in [3.63, 3.8) is 0 Å². The van der Waals surface area contributed by atoms with E-state index >= 15 is 0 Å². The van der Waals surface area contributed by atoms with Crippen molar-refractivity contribution in [1.29, 1.82) is 0 Å². The van der Waals surface area contributed by atoms with Crippen LogP contribution in [0.1, 0.15) is 23.2 Å². The predicted molar refractivity (Wildman–Crippen MR) is 167 cm³/mol. The van der Waals surface area contributed by atoms with Crippen LogP contribution in [0.3, 0.4) is 0 Å². The van der Waals surface area contributed by atoms with E-state index in [0.717, 1.165) is 48.2 Å². The maximum Gasteiger partial charge on any atom is 0.253 e. The van der Waals surface area contributed by atoms with Gasteiger partial charge in [0, 0.05) is 62.6 Å². The lowest BCUT2D eigenvalue weighted by molar-refractivity contribution is -0.117. The number of likely N-dealkylation sites (tertiary alicyclic amines) is 1. The maximum atomic E-state index is 13.2. The van der Waals surface area contributed by atoms with Crippen LogP contribution in [-0.4, -0.2) is 96.7 Å². The second kappa shape index (κ2) is 12.1. The molecule has 2 amide bonds. The van der Waals surface area contributed by atoms with Crippen LogP contribution in [0.15, 0.2) is 60.8 Å². The second-order valence-corrected chi connectivity index (χ2v) is 11.1. The number of carbonyl (C=O) groups is 2. The van der Waals surface area contributed by atoms with Gasteiger partial charge in [-0.15, -0.1) is 0 Å². The summed E-state index contributed by atoms with van der Waals surface area (Å²) < 4.78 is 0. The van der Waals surface area contributed by atoms with Crippen LogP contribution >= 0.6 is 0 Å². The molecule has 2 aromatic heterocycles. The van der Waals surface area contributed by atoms with Crippen molar-refractivity contribution in [2.75, 3.05) is 80.3 Å². The number of amides is 2. The van der Waals surface area contributed by atoms with Gasteiger partial charge in [-0.2, -0.15) is 5.10 Å². The van der Waals surface area contributed by atoms with Crippen LogP contribution in [0.5, 0.6) is 0 Å². The lowest BCUT2D eigenvalue weighted by Gasteiger charge is -2.36. The molecule has 2 fully saturated rings. The number of aromatic amines is 1. The second-order valence-electron chi connectivity index (χ2n) is 11.1. The predicted octanol–water partition coefficient (Wildman–Crippen LogP) is 3.76. The fourth-order valence-corrected chi connectivity index (χ4v) is 5.56. The smallest absolute Gasteiger partial charge is 0.253 e. The lowest BCUT2D eigenvalue weighted by atomic mass is 10.1. The minimum atomic E-state index is -0.0407. The van der Waals surface area contributed by atoms with E-state index in [1.807, 2.05) is 78.5 Å². The van der Waals surface area contributed by atoms with E-state index in [9.17, 15) is 9.59 Å². The molecule has 4 heterocycles. The molecule has 2 aliphatic rings. The number of nitrogens with zero attached hydrogens (tertiary/aromatic N) is 6. The quantitative estimate of drug-likeness (QED) is 0.295. The first-order valence-corrected chi connectivity index (χ1v) is 14.5. The number of H-pyrrole nitrogens is 1. The van der Waals surface area contributed by atoms with Gasteiger partial charge in [-0.25, -0.2) is 4.98 Å². The normalized spacial score (nSPS) is 15.7. The number of anilines is 5. The topological polar surface area (TPSA) is 113 Å². The Balaban J connectivity index is 1.18. The molecule has 0 bridgehead atoms. The number of piperazine rings is 1. The molecule has 11 heteroatoms. The molecule has 0 atom stereocenters. The number of hydrogen-bond acceptors (Lipinski definition) is 8. The molecule has 0 unspecified atom stereocenters. The maximum absolute atomic E-state index is 13.2. The van der Waals surface area contributed by atoms with Gasteiger partial charge in [-0.3, -0.25) is 19.6 Å². The van der Waals surface area contributed by atoms with Crippen LogP contribution in [-0.2, 0) is 4.79 Å². The highest BCUT2D eigenvalue weighted by molar-refractivity contribution is 5.96. The van der Waals surface area contributed by atoms with Crippen LogP contribution in [0, 0.1) is 0 Å². The zero-order valence-corrected chi connectivity index (χ0v) is 24.1. The van der Waals surface area contributed by atoms with Crippen molar-refractivity contribution in [3.8, 4) is 0 Å². The average Bonchev–Trinajstić information content (AvgIpc) is 3.70. The van der Waals surface area contributed by atoms with Crippen LogP contribution in [0.4, 0.5) is 28.7 Å². The number of aromatic nitrogens is 3. The van der Waals surface area contributed by atoms with Crippen molar-refractivity contribution in [1.82, 2.24) is 25.0 Å². The third-order valence-electron chi connectivity index (χ3n) is 7.92. The molecular weight excluding hydrogens is 530 g/mol. The van der Waals surface area contributed by atoms with E-state index in [-0.39, 0.29) is 11.8 Å². The first kappa shape index (κ1) is 27.5. The number of benzene rings is 2. The van der Waals surface area contributed by atoms with Gasteiger partial charge in [0.05, 0.1) is 23.9 Å². The number of hydrogen-bond donors (Lipinski definition) is 3. The lowest BCUT2D eigenvalue weighted by Crippen LogP contribution is -2.49. The third kappa shape index (κ3) is 6.15. The summed E-state index contributed by atoms with van der Waals surface area (Å²) in [6.45, 7) is 4.62. The molecule has 0 spiro atoms. The Morgan fingerprint density at radius 2 is 1.69 bits per heavy atom. The highest BCUT2D eigenvalue weighted by Gasteiger charge is 2.26. The number of nitrogens with one attached hydrogen (secondary N) is 3. The minimum absolute atomic E-state index is 0.0251. The van der Waals surface area contributed by atoms with E-state index in [0.29, 0.717) is 55.6 Å². The molecule has 42 heavy (non-hydrogen) atoms. The van der Waals surface area contributed by atoms with Crippen molar-refractivity contribution >= 4 is 51.4 Å². The summed E-state index contributed by atoms with van der Waals surface area (Å²) in [7, 11) is 3.96. The van der Waals surface area contributed by atoms with E-state index in [1.54, 1.807) is 6.20 Å². The molecule has 6 rings (SSSR count). The zero-order chi connectivity index (χ0) is 29.1. The average molecular weight is 568 g/mol. The van der Waals surface area contributed by atoms with Crippen molar-refractivity contribution in [3.05, 3.63) is 66.4 Å². The summed E-state index contributed by atoms with van der Waals surface area (Å²) in [6, 6.07) is 17.5. The first-order chi connectivity index (χ1) is 20.4. The minimum Gasteiger partial charge on any atom is -0.378 e. The van der Waals surface area contributed by atoms with E-state index in [2.05, 4.69) is 30.6 Å². The Morgan fingerprint density at radius 1 is 0.929 bits per heavy atom. The Kier molecular flexibility index (Phi) is 7.91. The van der Waals surface area contributed by atoms with Gasteiger partial charge in [-0.05, 0) is 80.5 Å². The molecule has 0 aliphatic carbocycles. The largest absolute Gasteiger partial charge is 0.378 e. The van der Waals surface area contributed by atoms with Gasteiger partial charge in [0.2, 0.25) is 5.91 Å². The molecule has 11 nitrogen and oxygen atoms in total. The third-order valence-corrected chi connectivity index (χ3v) is 7.92. The Hall–Kier alpha value is -4.64. The molecule has 218 valence electrons. The fraction of sp³-hybridized carbons (Fsp3) is 0.355. The SMILES string of the molecule is CN(C)c1ccc(C(=O)N2CCN(c3nc(Nc4ccc5[nH]ncc5c4)ccc3NC(=O)CN3CCCC3)CC2)cc1. The molecule has 0 radical (unpaired) electrons.